The Morgan fingerprint density at radius 2 is 1.00 bits per heavy atom. The van der Waals surface area contributed by atoms with E-state index < -0.39 is 15.6 Å². The van der Waals surface area contributed by atoms with Gasteiger partial charge in [-0.25, -0.2) is 0 Å². The molecular formula is CuK2O7P2. The molecule has 0 aromatic heterocycles. The minimum atomic E-state index is -5.68. The Morgan fingerprint density at radius 1 is 0.833 bits per heavy atom. The SMILES string of the molecule is O=P([O-])([O-])OP(=O)([O-])[O-].[Cu+2].[K+].[K+]. The van der Waals surface area contributed by atoms with Gasteiger partial charge in [-0.1, -0.05) is 0 Å². The normalized spacial score (nSPS) is 10.3. The smallest absolute Gasteiger partial charge is 0.790 e. The zero-order valence-corrected chi connectivity index (χ0v) is 15.0. The predicted molar refractivity (Wildman–Crippen MR) is 16.3 cm³/mol. The van der Waals surface area contributed by atoms with Gasteiger partial charge < -0.3 is 33.0 Å². The van der Waals surface area contributed by atoms with Crippen LogP contribution in [0.4, 0.5) is 0 Å². The van der Waals surface area contributed by atoms with Crippen LogP contribution in [-0.4, -0.2) is 0 Å². The Morgan fingerprint density at radius 3 is 1.00 bits per heavy atom. The Bertz CT molecular complexity index is 160. The van der Waals surface area contributed by atoms with Gasteiger partial charge in [-0.15, -0.1) is 0 Å². The van der Waals surface area contributed by atoms with Crippen LogP contribution in [0, 0.1) is 0 Å². The van der Waals surface area contributed by atoms with Crippen molar-refractivity contribution in [3.05, 3.63) is 0 Å². The summed E-state index contributed by atoms with van der Waals surface area (Å²) in [5.41, 5.74) is 0. The molecule has 0 heterocycles. The van der Waals surface area contributed by atoms with Crippen molar-refractivity contribution in [2.24, 2.45) is 0 Å². The predicted octanol–water partition coefficient (Wildman–Crippen LogP) is -9.33. The Labute approximate surface area is 164 Å². The molecule has 0 rings (SSSR count). The van der Waals surface area contributed by atoms with Crippen LogP contribution in [0.15, 0.2) is 0 Å². The van der Waals surface area contributed by atoms with E-state index in [1.807, 2.05) is 0 Å². The van der Waals surface area contributed by atoms with E-state index in [9.17, 15) is 28.7 Å². The third-order valence-electron chi connectivity index (χ3n) is 0.200. The molecule has 0 atom stereocenters. The molecule has 7 nitrogen and oxygen atoms in total. The maximum atomic E-state index is 9.32. The summed E-state index contributed by atoms with van der Waals surface area (Å²) >= 11 is 0. The quantitative estimate of drug-likeness (QED) is 0.364. The monoisotopic (exact) mass is 315 g/mol. The molecular weight excluding hydrogens is 316 g/mol. The second-order valence-electron chi connectivity index (χ2n) is 0.976. The first-order valence-corrected chi connectivity index (χ1v) is 4.38. The fourth-order valence-electron chi connectivity index (χ4n) is 0.122. The molecule has 0 aromatic rings. The molecule has 0 saturated carbocycles. The van der Waals surface area contributed by atoms with Crippen molar-refractivity contribution < 1.29 is 153 Å². The number of phosphoric acid groups is 2. The van der Waals surface area contributed by atoms with Crippen molar-refractivity contribution in [3.63, 3.8) is 0 Å². The van der Waals surface area contributed by atoms with Gasteiger partial charge in [0.15, 0.2) is 0 Å². The van der Waals surface area contributed by atoms with E-state index in [-0.39, 0.29) is 120 Å². The van der Waals surface area contributed by atoms with Crippen LogP contribution in [0.1, 0.15) is 0 Å². The van der Waals surface area contributed by atoms with Gasteiger partial charge in [0.25, 0.3) is 0 Å². The Balaban J connectivity index is -0.000000107. The molecule has 0 aliphatic rings. The Kier molecular flexibility index (Phi) is 21.3. The van der Waals surface area contributed by atoms with Crippen molar-refractivity contribution in [2.75, 3.05) is 0 Å². The van der Waals surface area contributed by atoms with Crippen LogP contribution in [0.2, 0.25) is 0 Å². The zero-order chi connectivity index (χ0) is 7.71. The molecule has 12 heteroatoms. The molecule has 1 radical (unpaired) electrons. The molecule has 0 aliphatic heterocycles. The summed E-state index contributed by atoms with van der Waals surface area (Å²) < 4.78 is 21.2. The van der Waals surface area contributed by atoms with Gasteiger partial charge in [-0.05, 0) is 0 Å². The number of hydrogen-bond donors (Lipinski definition) is 0. The van der Waals surface area contributed by atoms with Crippen LogP contribution >= 0.6 is 15.6 Å². The number of hydrogen-bond acceptors (Lipinski definition) is 7. The summed E-state index contributed by atoms with van der Waals surface area (Å²) in [6.45, 7) is 0. The van der Waals surface area contributed by atoms with Crippen LogP contribution in [0.3, 0.4) is 0 Å². The first-order chi connectivity index (χ1) is 3.71. The topological polar surface area (TPSA) is 136 Å². The van der Waals surface area contributed by atoms with Gasteiger partial charge in [0, 0.05) is 0 Å². The van der Waals surface area contributed by atoms with E-state index >= 15 is 0 Å². The fraction of sp³-hybridized carbons (Fsp3) is 0. The first kappa shape index (κ1) is 25.0. The largest absolute Gasteiger partial charge is 2.00 e. The number of rotatable bonds is 2. The van der Waals surface area contributed by atoms with Crippen molar-refractivity contribution >= 4 is 15.6 Å². The summed E-state index contributed by atoms with van der Waals surface area (Å²) in [5.74, 6) is 0. The first-order valence-electron chi connectivity index (χ1n) is 1.46. The molecule has 0 fully saturated rings. The van der Waals surface area contributed by atoms with Crippen LogP contribution in [-0.2, 0) is 30.5 Å². The third-order valence-corrected chi connectivity index (χ3v) is 1.80. The van der Waals surface area contributed by atoms with E-state index in [2.05, 4.69) is 4.31 Å². The summed E-state index contributed by atoms with van der Waals surface area (Å²) in [7, 11) is -11.4. The van der Waals surface area contributed by atoms with Crippen LogP contribution < -0.4 is 122 Å². The average Bonchev–Trinajstić information content (AvgIpc) is 1.14. The Hall–Kier alpha value is 4.05. The third kappa shape index (κ3) is 23.7. The standard InChI is InChI=1S/Cu.2K.H4O7P2/c;;;1-8(2,3)7-9(4,5)6/h;;;(H2,1,2,3)(H2,4,5,6)/q+2;2*+1;/p-4. The maximum Gasteiger partial charge on any atom is 2.00 e. The summed E-state index contributed by atoms with van der Waals surface area (Å²) in [6, 6.07) is 0. The second-order valence-corrected chi connectivity index (χ2v) is 3.42. The summed E-state index contributed by atoms with van der Waals surface area (Å²) in [6.07, 6.45) is 0. The van der Waals surface area contributed by atoms with Crippen molar-refractivity contribution in [1.29, 1.82) is 0 Å². The minimum absolute atomic E-state index is 0. The van der Waals surface area contributed by atoms with E-state index in [1.165, 1.54) is 0 Å². The van der Waals surface area contributed by atoms with Gasteiger partial charge in [0.05, 0.1) is 15.6 Å². The second kappa shape index (κ2) is 10.2. The van der Waals surface area contributed by atoms with Gasteiger partial charge in [0.1, 0.15) is 0 Å². The minimum Gasteiger partial charge on any atom is -0.790 e. The van der Waals surface area contributed by atoms with Crippen molar-refractivity contribution in [2.45, 2.75) is 0 Å². The fourth-order valence-corrected chi connectivity index (χ4v) is 1.10. The van der Waals surface area contributed by atoms with Crippen LogP contribution in [0.5, 0.6) is 0 Å². The van der Waals surface area contributed by atoms with Gasteiger partial charge in [0.2, 0.25) is 0 Å². The van der Waals surface area contributed by atoms with E-state index in [0.29, 0.717) is 0 Å². The molecule has 0 unspecified atom stereocenters. The van der Waals surface area contributed by atoms with Gasteiger partial charge in [-0.3, -0.25) is 0 Å². The molecule has 0 amide bonds. The molecule has 0 aromatic carbocycles. The maximum absolute atomic E-state index is 9.32. The molecule has 0 bridgehead atoms. The van der Waals surface area contributed by atoms with Crippen LogP contribution in [0.25, 0.3) is 0 Å². The van der Waals surface area contributed by atoms with Gasteiger partial charge in [-0.2, -0.15) is 0 Å². The van der Waals surface area contributed by atoms with E-state index in [1.54, 1.807) is 0 Å². The molecule has 0 aliphatic carbocycles. The van der Waals surface area contributed by atoms with E-state index in [4.69, 9.17) is 0 Å². The van der Waals surface area contributed by atoms with Crippen molar-refractivity contribution in [3.8, 4) is 0 Å². The molecule has 0 N–H and O–H groups in total. The molecule has 65 valence electrons. The molecule has 12 heavy (non-hydrogen) atoms. The summed E-state index contributed by atoms with van der Waals surface area (Å²) in [5, 5.41) is 0. The van der Waals surface area contributed by atoms with Gasteiger partial charge >= 0.3 is 120 Å². The molecule has 0 spiro atoms. The average molecular weight is 316 g/mol. The van der Waals surface area contributed by atoms with E-state index in [0.717, 1.165) is 0 Å². The zero-order valence-electron chi connectivity index (χ0n) is 6.05. The summed E-state index contributed by atoms with van der Waals surface area (Å²) in [4.78, 5) is 37.3. The van der Waals surface area contributed by atoms with Crippen molar-refractivity contribution in [1.82, 2.24) is 0 Å². The molecule has 0 saturated heterocycles.